The molecule has 0 fully saturated rings. The van der Waals surface area contributed by atoms with E-state index < -0.39 is 6.10 Å². The van der Waals surface area contributed by atoms with E-state index in [1.54, 1.807) is 18.4 Å². The molecule has 2 nitrogen and oxygen atoms in total. The van der Waals surface area contributed by atoms with Gasteiger partial charge in [0.1, 0.15) is 11.9 Å². The van der Waals surface area contributed by atoms with E-state index in [0.717, 1.165) is 16.2 Å². The number of methoxy groups -OCH3 is 1. The summed E-state index contributed by atoms with van der Waals surface area (Å²) in [5.41, 5.74) is 0.891. The molecule has 3 heteroatoms. The van der Waals surface area contributed by atoms with Gasteiger partial charge < -0.3 is 9.84 Å². The molecule has 1 aromatic heterocycles. The summed E-state index contributed by atoms with van der Waals surface area (Å²) in [5.74, 6) is 0.804. The molecular formula is C13H14O2S. The van der Waals surface area contributed by atoms with Crippen molar-refractivity contribution in [3.05, 3.63) is 51.7 Å². The number of benzene rings is 1. The average molecular weight is 234 g/mol. The third-order valence-corrected chi connectivity index (χ3v) is 3.52. The first-order valence-corrected chi connectivity index (χ1v) is 5.90. The van der Waals surface area contributed by atoms with Crippen LogP contribution >= 0.6 is 11.3 Å². The van der Waals surface area contributed by atoms with Crippen LogP contribution in [0.5, 0.6) is 5.75 Å². The minimum Gasteiger partial charge on any atom is -0.497 e. The highest BCUT2D eigenvalue weighted by Gasteiger charge is 2.11. The molecule has 0 amide bonds. The predicted octanol–water partition coefficient (Wildman–Crippen LogP) is 3.15. The van der Waals surface area contributed by atoms with Gasteiger partial charge in [-0.25, -0.2) is 0 Å². The lowest BCUT2D eigenvalue weighted by molar-refractivity contribution is 0.224. The van der Waals surface area contributed by atoms with Crippen molar-refractivity contribution in [2.75, 3.05) is 7.11 Å². The van der Waals surface area contributed by atoms with Crippen LogP contribution in [0, 0.1) is 6.92 Å². The number of hydrogen-bond acceptors (Lipinski definition) is 3. The van der Waals surface area contributed by atoms with E-state index in [9.17, 15) is 5.11 Å². The first kappa shape index (κ1) is 11.2. The largest absolute Gasteiger partial charge is 0.497 e. The van der Waals surface area contributed by atoms with Gasteiger partial charge in [0.2, 0.25) is 0 Å². The minimum atomic E-state index is -0.537. The van der Waals surface area contributed by atoms with Gasteiger partial charge >= 0.3 is 0 Å². The zero-order valence-electron chi connectivity index (χ0n) is 9.31. The Morgan fingerprint density at radius 1 is 1.12 bits per heavy atom. The zero-order valence-corrected chi connectivity index (χ0v) is 10.1. The fraction of sp³-hybridized carbons (Fsp3) is 0.231. The summed E-state index contributed by atoms with van der Waals surface area (Å²) in [6.07, 6.45) is -0.537. The summed E-state index contributed by atoms with van der Waals surface area (Å²) in [6, 6.07) is 11.5. The second-order valence-corrected chi connectivity index (χ2v) is 4.94. The van der Waals surface area contributed by atoms with Gasteiger partial charge in [0.05, 0.1) is 7.11 Å². The molecule has 0 aliphatic heterocycles. The second-order valence-electron chi connectivity index (χ2n) is 3.62. The van der Waals surface area contributed by atoms with E-state index in [2.05, 4.69) is 0 Å². The fourth-order valence-corrected chi connectivity index (χ4v) is 2.44. The van der Waals surface area contributed by atoms with Crippen LogP contribution in [0.1, 0.15) is 21.4 Å². The molecule has 0 aliphatic rings. The molecule has 0 radical (unpaired) electrons. The zero-order chi connectivity index (χ0) is 11.5. The Morgan fingerprint density at radius 2 is 1.81 bits per heavy atom. The van der Waals surface area contributed by atoms with Crippen LogP contribution in [0.25, 0.3) is 0 Å². The highest BCUT2D eigenvalue weighted by atomic mass is 32.1. The van der Waals surface area contributed by atoms with Crippen LogP contribution in [-0.4, -0.2) is 12.2 Å². The Morgan fingerprint density at radius 3 is 2.31 bits per heavy atom. The Hall–Kier alpha value is -1.32. The first-order valence-electron chi connectivity index (χ1n) is 5.09. The number of aryl methyl sites for hydroxylation is 1. The number of aliphatic hydroxyl groups is 1. The molecule has 1 unspecified atom stereocenters. The van der Waals surface area contributed by atoms with Crippen molar-refractivity contribution < 1.29 is 9.84 Å². The van der Waals surface area contributed by atoms with Gasteiger partial charge in [-0.1, -0.05) is 12.1 Å². The van der Waals surface area contributed by atoms with Crippen LogP contribution in [0.4, 0.5) is 0 Å². The van der Waals surface area contributed by atoms with E-state index >= 15 is 0 Å². The SMILES string of the molecule is COc1ccc(C(O)c2ccc(C)s2)cc1. The van der Waals surface area contributed by atoms with E-state index in [-0.39, 0.29) is 0 Å². The maximum Gasteiger partial charge on any atom is 0.118 e. The normalized spacial score (nSPS) is 12.4. The van der Waals surface area contributed by atoms with Crippen molar-refractivity contribution in [1.29, 1.82) is 0 Å². The summed E-state index contributed by atoms with van der Waals surface area (Å²) < 4.78 is 5.08. The van der Waals surface area contributed by atoms with Gasteiger partial charge in [0.15, 0.2) is 0 Å². The van der Waals surface area contributed by atoms with Crippen molar-refractivity contribution in [3.8, 4) is 5.75 Å². The first-order chi connectivity index (χ1) is 7.70. The molecule has 1 atom stereocenters. The summed E-state index contributed by atoms with van der Waals surface area (Å²) in [4.78, 5) is 2.19. The highest BCUT2D eigenvalue weighted by molar-refractivity contribution is 7.12. The van der Waals surface area contributed by atoms with Crippen LogP contribution in [0.15, 0.2) is 36.4 Å². The topological polar surface area (TPSA) is 29.5 Å². The summed E-state index contributed by atoms with van der Waals surface area (Å²) in [6.45, 7) is 2.04. The van der Waals surface area contributed by atoms with Gasteiger partial charge in [-0.2, -0.15) is 0 Å². The average Bonchev–Trinajstić information content (AvgIpc) is 2.75. The highest BCUT2D eigenvalue weighted by Crippen LogP contribution is 2.28. The summed E-state index contributed by atoms with van der Waals surface area (Å²) in [7, 11) is 1.63. The van der Waals surface area contributed by atoms with Gasteiger partial charge in [0.25, 0.3) is 0 Å². The van der Waals surface area contributed by atoms with Crippen molar-refractivity contribution in [1.82, 2.24) is 0 Å². The summed E-state index contributed by atoms with van der Waals surface area (Å²) in [5, 5.41) is 10.1. The second kappa shape index (κ2) is 4.68. The van der Waals surface area contributed by atoms with Crippen LogP contribution in [-0.2, 0) is 0 Å². The maximum absolute atomic E-state index is 10.1. The van der Waals surface area contributed by atoms with Gasteiger partial charge in [-0.3, -0.25) is 0 Å². The lowest BCUT2D eigenvalue weighted by atomic mass is 10.1. The van der Waals surface area contributed by atoms with Gasteiger partial charge in [0, 0.05) is 9.75 Å². The maximum atomic E-state index is 10.1. The summed E-state index contributed by atoms with van der Waals surface area (Å²) >= 11 is 1.62. The quantitative estimate of drug-likeness (QED) is 0.884. The van der Waals surface area contributed by atoms with E-state index in [0.29, 0.717) is 0 Å². The molecule has 0 spiro atoms. The van der Waals surface area contributed by atoms with Crippen molar-refractivity contribution in [2.45, 2.75) is 13.0 Å². The van der Waals surface area contributed by atoms with Crippen LogP contribution < -0.4 is 4.74 Å². The van der Waals surface area contributed by atoms with Crippen molar-refractivity contribution in [3.63, 3.8) is 0 Å². The molecule has 2 rings (SSSR count). The molecule has 16 heavy (non-hydrogen) atoms. The van der Waals surface area contributed by atoms with Gasteiger partial charge in [-0.15, -0.1) is 11.3 Å². The lowest BCUT2D eigenvalue weighted by Crippen LogP contribution is -1.96. The third-order valence-electron chi connectivity index (χ3n) is 2.46. The molecule has 1 N–H and O–H groups in total. The molecule has 2 aromatic rings. The predicted molar refractivity (Wildman–Crippen MR) is 66.1 cm³/mol. The number of rotatable bonds is 3. The minimum absolute atomic E-state index is 0.537. The van der Waals surface area contributed by atoms with E-state index in [1.165, 1.54) is 4.88 Å². The molecule has 0 bridgehead atoms. The standard InChI is InChI=1S/C13H14O2S/c1-9-3-8-12(16-9)13(14)10-4-6-11(15-2)7-5-10/h3-8,13-14H,1-2H3. The molecule has 1 aromatic carbocycles. The van der Waals surface area contributed by atoms with Gasteiger partial charge in [-0.05, 0) is 36.8 Å². The van der Waals surface area contributed by atoms with Crippen LogP contribution in [0.3, 0.4) is 0 Å². The molecule has 1 heterocycles. The molecule has 0 saturated carbocycles. The lowest BCUT2D eigenvalue weighted by Gasteiger charge is -2.09. The smallest absolute Gasteiger partial charge is 0.118 e. The number of aliphatic hydroxyl groups excluding tert-OH is 1. The van der Waals surface area contributed by atoms with Crippen molar-refractivity contribution in [2.24, 2.45) is 0 Å². The number of ether oxygens (including phenoxy) is 1. The number of hydrogen-bond donors (Lipinski definition) is 1. The van der Waals surface area contributed by atoms with Crippen molar-refractivity contribution >= 4 is 11.3 Å². The number of thiophene rings is 1. The molecule has 0 aliphatic carbocycles. The Bertz CT molecular complexity index is 459. The van der Waals surface area contributed by atoms with E-state index in [1.807, 2.05) is 43.3 Å². The van der Waals surface area contributed by atoms with E-state index in [4.69, 9.17) is 4.74 Å². The third kappa shape index (κ3) is 2.26. The Balaban J connectivity index is 2.23. The monoisotopic (exact) mass is 234 g/mol. The molecule has 0 saturated heterocycles. The Kier molecular flexibility index (Phi) is 3.27. The fourth-order valence-electron chi connectivity index (χ4n) is 1.55. The molecule has 84 valence electrons. The van der Waals surface area contributed by atoms with Crippen LogP contribution in [0.2, 0.25) is 0 Å². The molecular weight excluding hydrogens is 220 g/mol. The Labute approximate surface area is 99.1 Å².